The van der Waals surface area contributed by atoms with E-state index in [1.54, 1.807) is 4.90 Å². The molecule has 0 bridgehead atoms. The first-order valence-corrected chi connectivity index (χ1v) is 9.83. The second kappa shape index (κ2) is 8.06. The summed E-state index contributed by atoms with van der Waals surface area (Å²) >= 11 is 0. The van der Waals surface area contributed by atoms with Gasteiger partial charge < -0.3 is 15.0 Å². The number of alkyl halides is 3. The van der Waals surface area contributed by atoms with Crippen molar-refractivity contribution in [1.82, 2.24) is 10.2 Å². The van der Waals surface area contributed by atoms with Crippen LogP contribution in [-0.4, -0.2) is 36.7 Å². The average molecular weight is 404 g/mol. The van der Waals surface area contributed by atoms with Gasteiger partial charge in [-0.3, -0.25) is 0 Å². The zero-order valence-electron chi connectivity index (χ0n) is 15.9. The van der Waals surface area contributed by atoms with Crippen molar-refractivity contribution < 1.29 is 22.7 Å². The lowest BCUT2D eigenvalue weighted by Crippen LogP contribution is -2.50. The lowest BCUT2D eigenvalue weighted by molar-refractivity contribution is -0.137. The minimum Gasteiger partial charge on any atom is -0.381 e. The fourth-order valence-corrected chi connectivity index (χ4v) is 4.10. The third kappa shape index (κ3) is 4.24. The molecule has 2 amide bonds. The fourth-order valence-electron chi connectivity index (χ4n) is 4.10. The van der Waals surface area contributed by atoms with E-state index in [2.05, 4.69) is 5.32 Å². The average Bonchev–Trinajstić information content (AvgIpc) is 2.73. The largest absolute Gasteiger partial charge is 0.416 e. The summed E-state index contributed by atoms with van der Waals surface area (Å²) in [5.74, 6) is 0. The Morgan fingerprint density at radius 3 is 2.41 bits per heavy atom. The molecule has 29 heavy (non-hydrogen) atoms. The first-order chi connectivity index (χ1) is 13.9. The van der Waals surface area contributed by atoms with Crippen molar-refractivity contribution in [2.75, 3.05) is 19.8 Å². The van der Waals surface area contributed by atoms with Crippen LogP contribution in [0.4, 0.5) is 18.0 Å². The lowest BCUT2D eigenvalue weighted by atomic mass is 9.88. The van der Waals surface area contributed by atoms with E-state index in [-0.39, 0.29) is 12.1 Å². The van der Waals surface area contributed by atoms with Crippen molar-refractivity contribution >= 4 is 6.03 Å². The Labute approximate surface area is 167 Å². The summed E-state index contributed by atoms with van der Waals surface area (Å²) in [7, 11) is 0. The molecule has 1 unspecified atom stereocenters. The van der Waals surface area contributed by atoms with Gasteiger partial charge >= 0.3 is 12.2 Å². The third-order valence-electron chi connectivity index (χ3n) is 5.65. The molecule has 0 spiro atoms. The van der Waals surface area contributed by atoms with Gasteiger partial charge in [-0.15, -0.1) is 0 Å². The number of hydrogen-bond donors (Lipinski definition) is 1. The van der Waals surface area contributed by atoms with Crippen LogP contribution in [0, 0.1) is 0 Å². The standard InChI is InChI=1S/C22H23F3N2O2/c23-22(24,25)17-7-5-16(6-8-17)20-19-4-2-1-3-15(19)9-12-27(20)21(28)26-18-10-13-29-14-11-18/h1-8,18,20H,9-14H2,(H,26,28). The highest BCUT2D eigenvalue weighted by Crippen LogP contribution is 2.37. The van der Waals surface area contributed by atoms with Gasteiger partial charge in [0.05, 0.1) is 11.6 Å². The van der Waals surface area contributed by atoms with Crippen LogP contribution >= 0.6 is 0 Å². The summed E-state index contributed by atoms with van der Waals surface area (Å²) in [6, 6.07) is 12.4. The number of halogens is 3. The zero-order valence-corrected chi connectivity index (χ0v) is 15.9. The minimum atomic E-state index is -4.39. The molecule has 1 N–H and O–H groups in total. The Morgan fingerprint density at radius 2 is 1.72 bits per heavy atom. The van der Waals surface area contributed by atoms with E-state index in [1.165, 1.54) is 12.1 Å². The van der Waals surface area contributed by atoms with Crippen LogP contribution < -0.4 is 5.32 Å². The van der Waals surface area contributed by atoms with Crippen LogP contribution in [0.3, 0.4) is 0 Å². The monoisotopic (exact) mass is 404 g/mol. The van der Waals surface area contributed by atoms with Gasteiger partial charge in [-0.1, -0.05) is 36.4 Å². The summed E-state index contributed by atoms with van der Waals surface area (Å²) in [6.07, 6.45) is -2.14. The molecule has 0 saturated carbocycles. The highest BCUT2D eigenvalue weighted by molar-refractivity contribution is 5.76. The number of nitrogens with zero attached hydrogens (tertiary/aromatic N) is 1. The van der Waals surface area contributed by atoms with Crippen molar-refractivity contribution in [3.05, 3.63) is 70.8 Å². The number of carbonyl (C=O) groups excluding carboxylic acids is 1. The molecule has 0 radical (unpaired) electrons. The van der Waals surface area contributed by atoms with Crippen molar-refractivity contribution in [2.45, 2.75) is 37.5 Å². The SMILES string of the molecule is O=C(NC1CCOCC1)N1CCc2ccccc2C1c1ccc(C(F)(F)F)cc1. The highest BCUT2D eigenvalue weighted by Gasteiger charge is 2.34. The predicted molar refractivity (Wildman–Crippen MR) is 103 cm³/mol. The van der Waals surface area contributed by atoms with Gasteiger partial charge in [0.15, 0.2) is 0 Å². The summed E-state index contributed by atoms with van der Waals surface area (Å²) in [5.41, 5.74) is 2.06. The Hall–Kier alpha value is -2.54. The van der Waals surface area contributed by atoms with Crippen LogP contribution in [0.25, 0.3) is 0 Å². The van der Waals surface area contributed by atoms with E-state index in [4.69, 9.17) is 4.74 Å². The molecule has 2 heterocycles. The van der Waals surface area contributed by atoms with Crippen LogP contribution in [-0.2, 0) is 17.3 Å². The number of carbonyl (C=O) groups is 1. The predicted octanol–water partition coefficient (Wildman–Crippen LogP) is 4.54. The number of rotatable bonds is 2. The first-order valence-electron chi connectivity index (χ1n) is 9.83. The number of benzene rings is 2. The van der Waals surface area contributed by atoms with Gasteiger partial charge in [0.2, 0.25) is 0 Å². The summed E-state index contributed by atoms with van der Waals surface area (Å²) < 4.78 is 44.3. The maximum atomic E-state index is 13.1. The molecule has 2 aromatic carbocycles. The van der Waals surface area contributed by atoms with E-state index >= 15 is 0 Å². The molecule has 2 aliphatic rings. The molecule has 1 atom stereocenters. The molecule has 154 valence electrons. The van der Waals surface area contributed by atoms with Crippen LogP contribution in [0.5, 0.6) is 0 Å². The molecule has 1 saturated heterocycles. The number of urea groups is 1. The van der Waals surface area contributed by atoms with Crippen molar-refractivity contribution in [2.24, 2.45) is 0 Å². The minimum absolute atomic E-state index is 0.0571. The van der Waals surface area contributed by atoms with Gasteiger partial charge in [-0.25, -0.2) is 4.79 Å². The second-order valence-corrected chi connectivity index (χ2v) is 7.50. The highest BCUT2D eigenvalue weighted by atomic mass is 19.4. The molecular formula is C22H23F3N2O2. The van der Waals surface area contributed by atoms with Gasteiger partial charge in [0.25, 0.3) is 0 Å². The van der Waals surface area contributed by atoms with Crippen molar-refractivity contribution in [3.8, 4) is 0 Å². The number of amides is 2. The Bertz CT molecular complexity index is 861. The topological polar surface area (TPSA) is 41.6 Å². The maximum absolute atomic E-state index is 13.1. The van der Waals surface area contributed by atoms with E-state index in [0.29, 0.717) is 31.7 Å². The summed E-state index contributed by atoms with van der Waals surface area (Å²) in [4.78, 5) is 14.8. The third-order valence-corrected chi connectivity index (χ3v) is 5.65. The lowest BCUT2D eigenvalue weighted by Gasteiger charge is -2.39. The molecule has 7 heteroatoms. The number of fused-ring (bicyclic) bond motifs is 1. The van der Waals surface area contributed by atoms with Gasteiger partial charge in [0, 0.05) is 25.8 Å². The van der Waals surface area contributed by atoms with Crippen LogP contribution in [0.2, 0.25) is 0 Å². The first kappa shape index (κ1) is 19.8. The van der Waals surface area contributed by atoms with E-state index < -0.39 is 17.8 Å². The Morgan fingerprint density at radius 1 is 1.03 bits per heavy atom. The molecule has 4 rings (SSSR count). The molecular weight excluding hydrogens is 381 g/mol. The van der Waals surface area contributed by atoms with Gasteiger partial charge in [-0.05, 0) is 48.1 Å². The molecule has 0 aromatic heterocycles. The molecule has 1 fully saturated rings. The number of ether oxygens (including phenoxy) is 1. The Kier molecular flexibility index (Phi) is 5.50. The van der Waals surface area contributed by atoms with Crippen LogP contribution in [0.15, 0.2) is 48.5 Å². The maximum Gasteiger partial charge on any atom is 0.416 e. The molecule has 2 aliphatic heterocycles. The zero-order chi connectivity index (χ0) is 20.4. The quantitative estimate of drug-likeness (QED) is 0.798. The second-order valence-electron chi connectivity index (χ2n) is 7.50. The summed E-state index contributed by atoms with van der Waals surface area (Å²) in [6.45, 7) is 1.75. The number of hydrogen-bond acceptors (Lipinski definition) is 2. The smallest absolute Gasteiger partial charge is 0.381 e. The molecule has 4 nitrogen and oxygen atoms in total. The molecule has 2 aromatic rings. The fraction of sp³-hybridized carbons (Fsp3) is 0.409. The summed E-state index contributed by atoms with van der Waals surface area (Å²) in [5, 5.41) is 3.08. The van der Waals surface area contributed by atoms with Crippen LogP contribution in [0.1, 0.15) is 41.1 Å². The normalized spacial score (nSPS) is 20.2. The van der Waals surface area contributed by atoms with Crippen molar-refractivity contribution in [1.29, 1.82) is 0 Å². The number of nitrogens with one attached hydrogen (secondary N) is 1. The van der Waals surface area contributed by atoms with E-state index in [9.17, 15) is 18.0 Å². The van der Waals surface area contributed by atoms with E-state index in [1.807, 2.05) is 24.3 Å². The Balaban J connectivity index is 1.64. The van der Waals surface area contributed by atoms with Gasteiger partial charge in [-0.2, -0.15) is 13.2 Å². The van der Waals surface area contributed by atoms with E-state index in [0.717, 1.165) is 36.1 Å². The molecule has 0 aliphatic carbocycles. The van der Waals surface area contributed by atoms with Crippen molar-refractivity contribution in [3.63, 3.8) is 0 Å². The van der Waals surface area contributed by atoms with Gasteiger partial charge in [0.1, 0.15) is 0 Å².